The van der Waals surface area contributed by atoms with Crippen LogP contribution in [0.2, 0.25) is 0 Å². The summed E-state index contributed by atoms with van der Waals surface area (Å²) in [5.74, 6) is 6.75. The molecule has 5 aromatic carbocycles. The summed E-state index contributed by atoms with van der Waals surface area (Å²) in [7, 11) is 1.84. The number of nitrogens with one attached hydrogen (secondary N) is 3. The first-order valence-electron chi connectivity index (χ1n) is 47.9. The number of H-pyrrole nitrogens is 3. The molecule has 23 rings (SSSR count). The van der Waals surface area contributed by atoms with Gasteiger partial charge < -0.3 is 52.6 Å². The Morgan fingerprint density at radius 2 is 0.885 bits per heavy atom. The van der Waals surface area contributed by atoms with Gasteiger partial charge in [0, 0.05) is 195 Å². The number of likely N-dealkylation sites (N-methyl/N-ethyl adjacent to an activating group) is 1. The number of alkyl halides is 4. The Balaban J connectivity index is 0.000000111. The molecule has 3 N–H and O–H groups in total. The van der Waals surface area contributed by atoms with Gasteiger partial charge in [0.2, 0.25) is 23.6 Å². The molecule has 139 heavy (non-hydrogen) atoms. The summed E-state index contributed by atoms with van der Waals surface area (Å²) < 4.78 is 89.5. The first-order chi connectivity index (χ1) is 67.3. The summed E-state index contributed by atoms with van der Waals surface area (Å²) in [6.07, 6.45) is 13.1. The van der Waals surface area contributed by atoms with E-state index in [1.165, 1.54) is 24.0 Å². The number of halogens is 4. The molecular weight excluding hydrogens is 1770 g/mol. The number of nitrogens with zero attached hydrogens (tertiary/aromatic N) is 20. The smallest absolute Gasteiger partial charge is 0.251 e. The van der Waals surface area contributed by atoms with Crippen LogP contribution in [0.4, 0.5) is 40.8 Å². The molecule has 0 unspecified atom stereocenters. The van der Waals surface area contributed by atoms with Crippen LogP contribution < -0.4 is 43.3 Å². The van der Waals surface area contributed by atoms with Crippen LogP contribution in [0.15, 0.2) is 197 Å². The number of hydrogen-bond acceptors (Lipinski definition) is 25. The molecule has 16 heterocycles. The van der Waals surface area contributed by atoms with Crippen LogP contribution in [0.25, 0.3) is 66.5 Å². The van der Waals surface area contributed by atoms with Crippen LogP contribution in [-0.4, -0.2) is 205 Å². The second-order valence-corrected chi connectivity index (χ2v) is 37.0. The third-order valence-corrected chi connectivity index (χ3v) is 25.7. The number of pyridine rings is 5. The Labute approximate surface area is 802 Å². The van der Waals surface area contributed by atoms with Gasteiger partial charge in [0.25, 0.3) is 5.92 Å². The minimum Gasteiger partial charge on any atom is -0.494 e. The van der Waals surface area contributed by atoms with Gasteiger partial charge in [0.1, 0.15) is 74.9 Å². The lowest BCUT2D eigenvalue weighted by Crippen LogP contribution is -2.48. The van der Waals surface area contributed by atoms with Gasteiger partial charge in [-0.2, -0.15) is 20.4 Å². The highest BCUT2D eigenvalue weighted by Crippen LogP contribution is 2.49. The highest BCUT2D eigenvalue weighted by molar-refractivity contribution is 6.16. The van der Waals surface area contributed by atoms with E-state index in [-0.39, 0.29) is 55.8 Å². The molecule has 2 aliphatic carbocycles. The van der Waals surface area contributed by atoms with Crippen molar-refractivity contribution in [1.82, 2.24) is 85.4 Å². The van der Waals surface area contributed by atoms with Gasteiger partial charge in [-0.3, -0.25) is 35.1 Å². The highest BCUT2D eigenvalue weighted by Gasteiger charge is 2.47. The molecular formula is C105H113F4N23O7. The van der Waals surface area contributed by atoms with Gasteiger partial charge in [0.05, 0.1) is 92.2 Å². The zero-order chi connectivity index (χ0) is 96.2. The summed E-state index contributed by atoms with van der Waals surface area (Å²) in [6, 6.07) is 49.8. The van der Waals surface area contributed by atoms with Gasteiger partial charge >= 0.3 is 0 Å². The molecule has 2 saturated carbocycles. The fraction of sp³-hybridized carbons (Fsp3) is 0.381. The van der Waals surface area contributed by atoms with Crippen molar-refractivity contribution < 1.29 is 50.5 Å². The first kappa shape index (κ1) is 93.3. The lowest BCUT2D eigenvalue weighted by atomic mass is 9.78. The monoisotopic (exact) mass is 1880 g/mol. The highest BCUT2D eigenvalue weighted by atomic mass is 19.3. The molecule has 0 spiro atoms. The average Bonchev–Trinajstić information content (AvgIpc) is 1.71. The van der Waals surface area contributed by atoms with Crippen LogP contribution in [0, 0.1) is 6.92 Å². The number of rotatable bonds is 22. The summed E-state index contributed by atoms with van der Waals surface area (Å²) in [5.41, 5.74) is 17.5. The number of amides is 1. The maximum atomic E-state index is 13.4. The number of hydrogen-bond donors (Lipinski definition) is 3. The predicted octanol–water partition coefficient (Wildman–Crippen LogP) is 19.5. The number of anilines is 4. The molecule has 15 aromatic rings. The third kappa shape index (κ3) is 21.7. The molecule has 34 heteroatoms. The van der Waals surface area contributed by atoms with E-state index in [9.17, 15) is 22.4 Å². The fourth-order valence-corrected chi connectivity index (χ4v) is 18.4. The summed E-state index contributed by atoms with van der Waals surface area (Å²) in [5, 5.41) is 38.7. The number of carbonyl (C=O) groups is 1. The van der Waals surface area contributed by atoms with E-state index in [0.717, 1.165) is 222 Å². The number of carbonyl (C=O) groups excluding carboxylic acids is 1. The van der Waals surface area contributed by atoms with Gasteiger partial charge in [-0.1, -0.05) is 12.1 Å². The first-order valence-corrected chi connectivity index (χ1v) is 47.9. The number of aryl methyl sites for hydroxylation is 1. The number of aromatic nitrogens is 16. The van der Waals surface area contributed by atoms with Crippen molar-refractivity contribution >= 4 is 73.3 Å². The number of benzene rings is 5. The number of ether oxygens (including phenoxy) is 5. The Hall–Kier alpha value is -14.7. The van der Waals surface area contributed by atoms with Crippen molar-refractivity contribution in [2.75, 3.05) is 92.2 Å². The standard InChI is InChI=1S/C23H25N7O.C23H26N6O2.C20H21F2N3O.C20H22N4O2.C19H19F2N3O/c1-14(2)31-17-5-6-19-18(12-17)22(27-26-19)16-7-8-24-20(11-16)29-9-10-30-21(13-29)25-23(28-30)15-3-4-15;1-14(2)30-18-4-5-20-19(13-18)22(27-26-20)17-6-9-24-21(12-17)29-10-7-16(8-11-29)23-28-25-15(3)31-23;1-2-26-16-4-3-15-13-24-19(17(15)12-16)14-5-8-23-18(11-14)25-9-6-20(21,22)7-10-25;1-3-26-16-5-4-15-12-22-20(17(15)11-16)14-6-7-21-18(10-14)24-9-8-23(2)19(25)13-24;1-11(2)25-14-3-4-16-15(8-14)18(24-23-16)12-5-6-22-17(7-12)13-9-19(20,21)10-13/h5-8,11-12,14-15H,3-4,9-10,13H2,1-2H3,(H,26,27);4-6,9,12-14,16H,7-8,10-11H2,1-3H3,(H,26,27);3-5,8,11-12H,2,6-7,9-10,13H2,1H3;4-7,10-11H,3,8-9,12-13H2,1-2H3;3-8,11,13H,9-10H2,1-2H3,(H,23,24). The van der Waals surface area contributed by atoms with E-state index in [0.29, 0.717) is 75.9 Å². The van der Waals surface area contributed by atoms with Crippen molar-refractivity contribution in [2.24, 2.45) is 9.98 Å². The SMILES string of the molecule is CC(C)Oc1ccc2[nH]nc(-c3ccnc(C4CC(F)(F)C4)c3)c2c1.CC(C)Oc1ccc2[nH]nc(-c3ccnc(N4CCn5nc(C6CC6)nc5C4)c3)c2c1.CCOc1ccc2c(c1)C(c1ccnc(N3CCC(F)(F)CC3)c1)=NC2.CCOc1ccc2c(c1)C(c1ccnc(N3CCN(C)C(=O)C3)c1)=NC2.Cc1nnc(C2CCN(c3cc(-c4n[nH]c5ccc(OC(C)C)cc45)ccn3)CC2)o1. The van der Waals surface area contributed by atoms with Crippen molar-refractivity contribution in [3.8, 4) is 62.5 Å². The predicted molar refractivity (Wildman–Crippen MR) is 527 cm³/mol. The zero-order valence-corrected chi connectivity index (χ0v) is 79.7. The van der Waals surface area contributed by atoms with Gasteiger partial charge in [-0.15, -0.1) is 10.2 Å². The van der Waals surface area contributed by atoms with Crippen molar-refractivity contribution in [1.29, 1.82) is 0 Å². The molecule has 718 valence electrons. The minimum atomic E-state index is -2.56. The molecule has 0 radical (unpaired) electrons. The van der Waals surface area contributed by atoms with Crippen LogP contribution in [0.3, 0.4) is 0 Å². The van der Waals surface area contributed by atoms with Gasteiger partial charge in [0.15, 0.2) is 5.82 Å². The number of piperidine rings is 2. The second kappa shape index (κ2) is 40.5. The molecule has 0 atom stereocenters. The Morgan fingerprint density at radius 3 is 1.34 bits per heavy atom. The van der Waals surface area contributed by atoms with Crippen LogP contribution in [-0.2, 0) is 31.0 Å². The molecule has 30 nitrogen and oxygen atoms in total. The number of aromatic amines is 3. The second-order valence-electron chi connectivity index (χ2n) is 37.0. The third-order valence-electron chi connectivity index (χ3n) is 25.7. The number of fused-ring (bicyclic) bond motifs is 6. The molecule has 5 fully saturated rings. The Morgan fingerprint density at radius 1 is 0.446 bits per heavy atom. The van der Waals surface area contributed by atoms with Crippen LogP contribution in [0.5, 0.6) is 28.7 Å². The Bertz CT molecular complexity index is 6980. The van der Waals surface area contributed by atoms with Gasteiger partial charge in [-0.05, 0) is 232 Å². The zero-order valence-electron chi connectivity index (χ0n) is 79.7. The lowest BCUT2D eigenvalue weighted by Gasteiger charge is -2.34. The van der Waals surface area contributed by atoms with Crippen LogP contribution in [0.1, 0.15) is 187 Å². The van der Waals surface area contributed by atoms with E-state index in [2.05, 4.69) is 116 Å². The molecule has 3 saturated heterocycles. The van der Waals surface area contributed by atoms with E-state index in [4.69, 9.17) is 43.2 Å². The quantitative estimate of drug-likeness (QED) is 0.0531. The lowest BCUT2D eigenvalue weighted by molar-refractivity contribution is -0.129. The summed E-state index contributed by atoms with van der Waals surface area (Å²) in [6.45, 7) is 27.2. The summed E-state index contributed by atoms with van der Waals surface area (Å²) >= 11 is 0. The maximum Gasteiger partial charge on any atom is 0.251 e. The molecule has 0 bridgehead atoms. The largest absolute Gasteiger partial charge is 0.494 e. The van der Waals surface area contributed by atoms with E-state index >= 15 is 0 Å². The van der Waals surface area contributed by atoms with E-state index in [1.807, 2.05) is 213 Å². The Kier molecular flexibility index (Phi) is 27.2. The summed E-state index contributed by atoms with van der Waals surface area (Å²) in [4.78, 5) is 58.9. The van der Waals surface area contributed by atoms with E-state index < -0.39 is 11.8 Å². The van der Waals surface area contributed by atoms with Crippen molar-refractivity contribution in [3.05, 3.63) is 245 Å². The fourth-order valence-electron chi connectivity index (χ4n) is 18.4. The number of aliphatic imine (C=N–C) groups is 2. The van der Waals surface area contributed by atoms with Crippen molar-refractivity contribution in [3.63, 3.8) is 0 Å². The molecule has 6 aliphatic heterocycles. The maximum absolute atomic E-state index is 13.4. The minimum absolute atomic E-state index is 0.0839. The molecule has 1 amide bonds. The van der Waals surface area contributed by atoms with Gasteiger partial charge in [-0.25, -0.2) is 47.2 Å². The number of piperazine rings is 1. The normalized spacial score (nSPS) is 16.6. The topological polar surface area (TPSA) is 324 Å². The molecule has 8 aliphatic rings. The van der Waals surface area contributed by atoms with Crippen molar-refractivity contribution in [2.45, 2.75) is 188 Å². The van der Waals surface area contributed by atoms with E-state index in [1.54, 1.807) is 23.5 Å². The average molecular weight is 1890 g/mol. The van der Waals surface area contributed by atoms with Crippen LogP contribution >= 0.6 is 0 Å². The molecule has 10 aromatic heterocycles.